The van der Waals surface area contributed by atoms with Gasteiger partial charge < -0.3 is 4.98 Å². The van der Waals surface area contributed by atoms with E-state index < -0.39 is 4.33 Å². The van der Waals surface area contributed by atoms with Gasteiger partial charge in [-0.05, 0) is 37.7 Å². The first-order chi connectivity index (χ1) is 10.0. The van der Waals surface area contributed by atoms with Gasteiger partial charge in [0.1, 0.15) is 9.16 Å². The third kappa shape index (κ3) is 2.62. The lowest BCUT2D eigenvalue weighted by atomic mass is 9.97. The van der Waals surface area contributed by atoms with Crippen molar-refractivity contribution in [1.29, 1.82) is 0 Å². The maximum atomic E-state index is 12.4. The average molecular weight is 361 g/mol. The lowest BCUT2D eigenvalue weighted by Crippen LogP contribution is -2.11. The third-order valence-corrected chi connectivity index (χ3v) is 7.33. The number of aryl methyl sites for hydroxylation is 2. The highest BCUT2D eigenvalue weighted by Gasteiger charge is 2.51. The molecule has 112 valence electrons. The molecular weight excluding hydrogens is 347 g/mol. The molecule has 7 heteroatoms. The number of nitrogens with one attached hydrogen (secondary N) is 1. The van der Waals surface area contributed by atoms with E-state index in [0.717, 1.165) is 35.2 Å². The number of aromatic amines is 1. The zero-order valence-corrected chi connectivity index (χ0v) is 14.4. The maximum Gasteiger partial charge on any atom is 0.260 e. The van der Waals surface area contributed by atoms with Crippen LogP contribution in [0.1, 0.15) is 29.7 Å². The number of halogens is 2. The van der Waals surface area contributed by atoms with Gasteiger partial charge in [0.05, 0.1) is 5.39 Å². The summed E-state index contributed by atoms with van der Waals surface area (Å²) in [5.41, 5.74) is 1.23. The molecule has 0 bridgehead atoms. The van der Waals surface area contributed by atoms with Gasteiger partial charge in [-0.3, -0.25) is 4.79 Å². The summed E-state index contributed by atoms with van der Waals surface area (Å²) in [6.07, 6.45) is 5.30. The van der Waals surface area contributed by atoms with Crippen molar-refractivity contribution in [1.82, 2.24) is 9.97 Å². The average Bonchev–Trinajstić information content (AvgIpc) is 2.89. The van der Waals surface area contributed by atoms with Gasteiger partial charge in [0.15, 0.2) is 5.16 Å². The van der Waals surface area contributed by atoms with Gasteiger partial charge in [0, 0.05) is 16.5 Å². The highest BCUT2D eigenvalue weighted by Crippen LogP contribution is 2.54. The molecule has 0 radical (unpaired) electrons. The zero-order chi connectivity index (χ0) is 14.6. The predicted molar refractivity (Wildman–Crippen MR) is 90.2 cm³/mol. The van der Waals surface area contributed by atoms with Crippen molar-refractivity contribution in [3.05, 3.63) is 20.8 Å². The lowest BCUT2D eigenvalue weighted by molar-refractivity contribution is 0.700. The highest BCUT2D eigenvalue weighted by atomic mass is 35.5. The molecule has 21 heavy (non-hydrogen) atoms. The van der Waals surface area contributed by atoms with E-state index in [0.29, 0.717) is 11.1 Å². The molecule has 1 atom stereocenters. The van der Waals surface area contributed by atoms with Crippen LogP contribution in [0.4, 0.5) is 0 Å². The second kappa shape index (κ2) is 5.15. The number of hydrogen-bond acceptors (Lipinski definition) is 4. The van der Waals surface area contributed by atoms with Crippen LogP contribution in [0.5, 0.6) is 0 Å². The fourth-order valence-electron chi connectivity index (χ4n) is 2.84. The van der Waals surface area contributed by atoms with Gasteiger partial charge >= 0.3 is 0 Å². The molecule has 0 aliphatic heterocycles. The topological polar surface area (TPSA) is 45.8 Å². The van der Waals surface area contributed by atoms with E-state index in [-0.39, 0.29) is 5.56 Å². The molecular formula is C14H14Cl2N2OS2. The Balaban J connectivity index is 1.64. The number of nitrogens with zero attached hydrogens (tertiary/aromatic N) is 1. The van der Waals surface area contributed by atoms with Gasteiger partial charge in [-0.2, -0.15) is 0 Å². The van der Waals surface area contributed by atoms with Crippen molar-refractivity contribution in [2.75, 3.05) is 5.75 Å². The number of hydrogen-bond donors (Lipinski definition) is 1. The van der Waals surface area contributed by atoms with E-state index in [2.05, 4.69) is 9.97 Å². The van der Waals surface area contributed by atoms with Crippen LogP contribution in [0, 0.1) is 5.92 Å². The Bertz CT molecular complexity index is 768. The van der Waals surface area contributed by atoms with E-state index in [1.54, 1.807) is 11.3 Å². The zero-order valence-electron chi connectivity index (χ0n) is 11.2. The molecule has 2 aromatic rings. The fourth-order valence-corrected chi connectivity index (χ4v) is 5.95. The summed E-state index contributed by atoms with van der Waals surface area (Å²) in [7, 11) is 0. The van der Waals surface area contributed by atoms with Crippen LogP contribution in [0.2, 0.25) is 0 Å². The smallest absolute Gasteiger partial charge is 0.260 e. The quantitative estimate of drug-likeness (QED) is 0.508. The van der Waals surface area contributed by atoms with Gasteiger partial charge in [-0.25, -0.2) is 4.98 Å². The number of rotatable bonds is 3. The number of thioether (sulfide) groups is 1. The van der Waals surface area contributed by atoms with E-state index in [4.69, 9.17) is 23.2 Å². The molecule has 2 aliphatic rings. The molecule has 0 aromatic carbocycles. The van der Waals surface area contributed by atoms with Crippen molar-refractivity contribution in [2.24, 2.45) is 5.92 Å². The van der Waals surface area contributed by atoms with E-state index >= 15 is 0 Å². The molecule has 2 heterocycles. The standard InChI is InChI=1S/C14H14Cl2N2OS2/c15-14(16)5-7(14)6-20-13-17-11(19)10-8-3-1-2-4-9(8)21-12(10)18-13/h7H,1-6H2,(H,17,18,19). The summed E-state index contributed by atoms with van der Waals surface area (Å²) in [6, 6.07) is 0. The van der Waals surface area contributed by atoms with Crippen LogP contribution in [0.3, 0.4) is 0 Å². The number of alkyl halides is 2. The number of thiophene rings is 1. The maximum absolute atomic E-state index is 12.4. The fraction of sp³-hybridized carbons (Fsp3) is 0.571. The first kappa shape index (κ1) is 14.4. The van der Waals surface area contributed by atoms with E-state index in [9.17, 15) is 4.79 Å². The molecule has 0 spiro atoms. The molecule has 4 rings (SSSR count). The molecule has 3 nitrogen and oxygen atoms in total. The van der Waals surface area contributed by atoms with E-state index in [1.807, 2.05) is 0 Å². The first-order valence-corrected chi connectivity index (χ1v) is 9.65. The van der Waals surface area contributed by atoms with Crippen LogP contribution < -0.4 is 5.56 Å². The Hall–Kier alpha value is -0.230. The summed E-state index contributed by atoms with van der Waals surface area (Å²) in [5.74, 6) is 1.09. The molecule has 1 fully saturated rings. The minimum atomic E-state index is -0.570. The van der Waals surface area contributed by atoms with Gasteiger partial charge in [-0.1, -0.05) is 11.8 Å². The second-order valence-electron chi connectivity index (χ2n) is 5.74. The Labute approximate surface area is 140 Å². The molecule has 1 saturated carbocycles. The van der Waals surface area contributed by atoms with Crippen LogP contribution in [0.25, 0.3) is 10.2 Å². The third-order valence-electron chi connectivity index (χ3n) is 4.18. The summed E-state index contributed by atoms with van der Waals surface area (Å²) in [5, 5.41) is 1.50. The van der Waals surface area contributed by atoms with Crippen molar-refractivity contribution in [2.45, 2.75) is 41.6 Å². The molecule has 0 saturated heterocycles. The van der Waals surface area contributed by atoms with Crippen LogP contribution in [0.15, 0.2) is 9.95 Å². The summed E-state index contributed by atoms with van der Waals surface area (Å²) in [6.45, 7) is 0. The SMILES string of the molecule is O=c1[nH]c(SCC2CC2(Cl)Cl)nc2sc3c(c12)CCCC3. The second-order valence-corrected chi connectivity index (χ2v) is 9.37. The van der Waals surface area contributed by atoms with Crippen molar-refractivity contribution >= 4 is 56.5 Å². The molecule has 2 aromatic heterocycles. The van der Waals surface area contributed by atoms with Crippen LogP contribution in [-0.2, 0) is 12.8 Å². The monoisotopic (exact) mass is 360 g/mol. The number of H-pyrrole nitrogens is 1. The summed E-state index contributed by atoms with van der Waals surface area (Å²) < 4.78 is -0.570. The number of fused-ring (bicyclic) bond motifs is 3. The largest absolute Gasteiger partial charge is 0.301 e. The molecule has 0 amide bonds. The predicted octanol–water partition coefficient (Wildman–Crippen LogP) is 4.15. The number of aromatic nitrogens is 2. The Morgan fingerprint density at radius 3 is 2.90 bits per heavy atom. The van der Waals surface area contributed by atoms with Gasteiger partial charge in [0.25, 0.3) is 5.56 Å². The Morgan fingerprint density at radius 1 is 1.38 bits per heavy atom. The lowest BCUT2D eigenvalue weighted by Gasteiger charge is -2.09. The van der Waals surface area contributed by atoms with Crippen molar-refractivity contribution in [3.8, 4) is 0 Å². The van der Waals surface area contributed by atoms with Crippen LogP contribution >= 0.6 is 46.3 Å². The van der Waals surface area contributed by atoms with Gasteiger partial charge in [-0.15, -0.1) is 34.5 Å². The molecule has 1 N–H and O–H groups in total. The van der Waals surface area contributed by atoms with Crippen molar-refractivity contribution in [3.63, 3.8) is 0 Å². The normalized spacial score (nSPS) is 23.2. The van der Waals surface area contributed by atoms with Gasteiger partial charge in [0.2, 0.25) is 0 Å². The summed E-state index contributed by atoms with van der Waals surface area (Å²) >= 11 is 15.3. The minimum Gasteiger partial charge on any atom is -0.301 e. The van der Waals surface area contributed by atoms with E-state index in [1.165, 1.54) is 35.0 Å². The minimum absolute atomic E-state index is 0.000655. The molecule has 2 aliphatic carbocycles. The summed E-state index contributed by atoms with van der Waals surface area (Å²) in [4.78, 5) is 22.1. The highest BCUT2D eigenvalue weighted by molar-refractivity contribution is 7.99. The van der Waals surface area contributed by atoms with Crippen molar-refractivity contribution < 1.29 is 0 Å². The Kier molecular flexibility index (Phi) is 3.52. The first-order valence-electron chi connectivity index (χ1n) is 7.10. The Morgan fingerprint density at radius 2 is 2.14 bits per heavy atom. The molecule has 1 unspecified atom stereocenters. The van der Waals surface area contributed by atoms with Crippen LogP contribution in [-0.4, -0.2) is 20.1 Å².